The average Bonchev–Trinajstić information content (AvgIpc) is 3.31. The van der Waals surface area contributed by atoms with Crippen LogP contribution >= 0.6 is 11.8 Å². The number of nitrogens with zero attached hydrogens (tertiary/aromatic N) is 4. The standard InChI is InChI=1S/C26H23FN6O4S/c1-16-3-4-17(2)22(13-16)29-24(34)15-38-26-31-30-23(32(26)20-11-7-19(27)8-12-20)14-28-25(35)18-5-9-21(10-6-18)33(36)37/h3-13H,14-15H2,1-2H3,(H,28,35)(H,29,34). The van der Waals surface area contributed by atoms with Gasteiger partial charge in [-0.2, -0.15) is 0 Å². The molecule has 0 saturated carbocycles. The zero-order valence-electron chi connectivity index (χ0n) is 20.5. The van der Waals surface area contributed by atoms with Gasteiger partial charge in [0.25, 0.3) is 11.6 Å². The second kappa shape index (κ2) is 11.6. The first-order valence-corrected chi connectivity index (χ1v) is 12.4. The number of halogens is 1. The van der Waals surface area contributed by atoms with Crippen LogP contribution in [-0.4, -0.2) is 37.3 Å². The maximum Gasteiger partial charge on any atom is 0.269 e. The van der Waals surface area contributed by atoms with E-state index in [-0.39, 0.29) is 29.5 Å². The molecule has 0 fully saturated rings. The molecule has 0 saturated heterocycles. The fraction of sp³-hybridized carbons (Fsp3) is 0.154. The lowest BCUT2D eigenvalue weighted by molar-refractivity contribution is -0.384. The Hall–Kier alpha value is -4.58. The summed E-state index contributed by atoms with van der Waals surface area (Å²) in [7, 11) is 0. The quantitative estimate of drug-likeness (QED) is 0.182. The first kappa shape index (κ1) is 26.5. The lowest BCUT2D eigenvalue weighted by Gasteiger charge is -2.12. The zero-order chi connectivity index (χ0) is 27.2. The summed E-state index contributed by atoms with van der Waals surface area (Å²) >= 11 is 1.15. The number of non-ortho nitro benzene ring substituents is 1. The van der Waals surface area contributed by atoms with E-state index in [4.69, 9.17) is 0 Å². The molecular formula is C26H23FN6O4S. The Bertz CT molecular complexity index is 1490. The zero-order valence-corrected chi connectivity index (χ0v) is 21.3. The lowest BCUT2D eigenvalue weighted by Crippen LogP contribution is -2.24. The molecule has 4 aromatic rings. The molecule has 2 N–H and O–H groups in total. The molecule has 0 atom stereocenters. The number of carbonyl (C=O) groups is 2. The molecule has 0 aliphatic carbocycles. The Morgan fingerprint density at radius 3 is 2.42 bits per heavy atom. The minimum absolute atomic E-state index is 0.0323. The Morgan fingerprint density at radius 2 is 1.74 bits per heavy atom. The van der Waals surface area contributed by atoms with Crippen molar-refractivity contribution in [2.75, 3.05) is 11.1 Å². The molecule has 194 valence electrons. The van der Waals surface area contributed by atoms with Crippen molar-refractivity contribution in [1.29, 1.82) is 0 Å². The summed E-state index contributed by atoms with van der Waals surface area (Å²) in [6, 6.07) is 16.6. The highest BCUT2D eigenvalue weighted by Crippen LogP contribution is 2.24. The third kappa shape index (κ3) is 6.40. The third-order valence-electron chi connectivity index (χ3n) is 5.53. The van der Waals surface area contributed by atoms with Gasteiger partial charge < -0.3 is 10.6 Å². The van der Waals surface area contributed by atoms with Crippen LogP contribution in [0.15, 0.2) is 71.9 Å². The molecule has 0 unspecified atom stereocenters. The lowest BCUT2D eigenvalue weighted by atomic mass is 10.1. The topological polar surface area (TPSA) is 132 Å². The normalized spacial score (nSPS) is 10.7. The molecule has 12 heteroatoms. The smallest absolute Gasteiger partial charge is 0.269 e. The number of carbonyl (C=O) groups excluding carboxylic acids is 2. The summed E-state index contributed by atoms with van der Waals surface area (Å²) in [5, 5.41) is 25.2. The third-order valence-corrected chi connectivity index (χ3v) is 6.46. The van der Waals surface area contributed by atoms with E-state index in [2.05, 4.69) is 20.8 Å². The van der Waals surface area contributed by atoms with Gasteiger partial charge in [-0.3, -0.25) is 24.3 Å². The van der Waals surface area contributed by atoms with Crippen molar-refractivity contribution in [3.8, 4) is 5.69 Å². The number of hydrogen-bond acceptors (Lipinski definition) is 7. The van der Waals surface area contributed by atoms with Crippen LogP contribution in [0.4, 0.5) is 15.8 Å². The van der Waals surface area contributed by atoms with Gasteiger partial charge in [0.1, 0.15) is 5.82 Å². The maximum absolute atomic E-state index is 13.6. The van der Waals surface area contributed by atoms with Crippen molar-refractivity contribution in [1.82, 2.24) is 20.1 Å². The summed E-state index contributed by atoms with van der Waals surface area (Å²) in [6.07, 6.45) is 0. The van der Waals surface area contributed by atoms with Crippen LogP contribution in [0.3, 0.4) is 0 Å². The van der Waals surface area contributed by atoms with E-state index in [0.717, 1.165) is 28.6 Å². The largest absolute Gasteiger partial charge is 0.345 e. The molecule has 0 bridgehead atoms. The van der Waals surface area contributed by atoms with Crippen LogP contribution < -0.4 is 10.6 Å². The molecule has 10 nitrogen and oxygen atoms in total. The van der Waals surface area contributed by atoms with Crippen LogP contribution in [0.2, 0.25) is 0 Å². The fourth-order valence-corrected chi connectivity index (χ4v) is 4.31. The number of nitro benzene ring substituents is 1. The highest BCUT2D eigenvalue weighted by Gasteiger charge is 2.18. The number of thioether (sulfide) groups is 1. The molecule has 2 amide bonds. The van der Waals surface area contributed by atoms with E-state index in [1.165, 1.54) is 36.4 Å². The van der Waals surface area contributed by atoms with Crippen molar-refractivity contribution < 1.29 is 18.9 Å². The Labute approximate surface area is 221 Å². The number of hydrogen-bond donors (Lipinski definition) is 2. The number of aryl methyl sites for hydroxylation is 2. The predicted molar refractivity (Wildman–Crippen MR) is 141 cm³/mol. The van der Waals surface area contributed by atoms with Crippen LogP contribution in [0.5, 0.6) is 0 Å². The summed E-state index contributed by atoms with van der Waals surface area (Å²) in [6.45, 7) is 3.82. The number of aromatic nitrogens is 3. The van der Waals surface area contributed by atoms with E-state index in [0.29, 0.717) is 16.7 Å². The van der Waals surface area contributed by atoms with Crippen molar-refractivity contribution >= 4 is 35.0 Å². The van der Waals surface area contributed by atoms with E-state index in [1.54, 1.807) is 16.7 Å². The second-order valence-corrected chi connectivity index (χ2v) is 9.30. The van der Waals surface area contributed by atoms with Crippen LogP contribution in [0, 0.1) is 29.8 Å². The summed E-state index contributed by atoms with van der Waals surface area (Å²) in [4.78, 5) is 35.5. The monoisotopic (exact) mass is 534 g/mol. The van der Waals surface area contributed by atoms with Gasteiger partial charge in [-0.25, -0.2) is 4.39 Å². The average molecular weight is 535 g/mol. The first-order valence-electron chi connectivity index (χ1n) is 11.4. The van der Waals surface area contributed by atoms with E-state index in [9.17, 15) is 24.1 Å². The van der Waals surface area contributed by atoms with Gasteiger partial charge in [0.15, 0.2) is 11.0 Å². The van der Waals surface area contributed by atoms with Crippen molar-refractivity contribution in [2.45, 2.75) is 25.5 Å². The fourth-order valence-electron chi connectivity index (χ4n) is 3.54. The van der Waals surface area contributed by atoms with Gasteiger partial charge in [-0.05, 0) is 67.4 Å². The molecule has 1 heterocycles. The van der Waals surface area contributed by atoms with Gasteiger partial charge in [0.05, 0.1) is 17.2 Å². The highest BCUT2D eigenvalue weighted by molar-refractivity contribution is 7.99. The number of nitrogens with one attached hydrogen (secondary N) is 2. The summed E-state index contributed by atoms with van der Waals surface area (Å²) in [5.74, 6) is -0.718. The van der Waals surface area contributed by atoms with Gasteiger partial charge in [0.2, 0.25) is 5.91 Å². The number of benzene rings is 3. The molecule has 38 heavy (non-hydrogen) atoms. The minimum atomic E-state index is -0.547. The van der Waals surface area contributed by atoms with Crippen molar-refractivity contribution in [3.05, 3.63) is 105 Å². The predicted octanol–water partition coefficient (Wildman–Crippen LogP) is 4.59. The Kier molecular flexibility index (Phi) is 8.12. The van der Waals surface area contributed by atoms with Gasteiger partial charge in [-0.15, -0.1) is 10.2 Å². The summed E-state index contributed by atoms with van der Waals surface area (Å²) in [5.41, 5.74) is 3.35. The Balaban J connectivity index is 1.49. The first-order chi connectivity index (χ1) is 18.2. The number of nitro groups is 1. The van der Waals surface area contributed by atoms with Crippen LogP contribution in [0.25, 0.3) is 5.69 Å². The number of rotatable bonds is 9. The van der Waals surface area contributed by atoms with Crippen LogP contribution in [-0.2, 0) is 11.3 Å². The minimum Gasteiger partial charge on any atom is -0.345 e. The Morgan fingerprint density at radius 1 is 1.03 bits per heavy atom. The molecule has 0 radical (unpaired) electrons. The highest BCUT2D eigenvalue weighted by atomic mass is 32.2. The summed E-state index contributed by atoms with van der Waals surface area (Å²) < 4.78 is 15.2. The van der Waals surface area contributed by atoms with Gasteiger partial charge >= 0.3 is 0 Å². The second-order valence-electron chi connectivity index (χ2n) is 8.35. The van der Waals surface area contributed by atoms with Crippen molar-refractivity contribution in [3.63, 3.8) is 0 Å². The van der Waals surface area contributed by atoms with Crippen LogP contribution in [0.1, 0.15) is 27.3 Å². The van der Waals surface area contributed by atoms with Crippen molar-refractivity contribution in [2.24, 2.45) is 0 Å². The molecule has 1 aromatic heterocycles. The van der Waals surface area contributed by atoms with E-state index < -0.39 is 16.6 Å². The van der Waals surface area contributed by atoms with E-state index >= 15 is 0 Å². The molecule has 3 aromatic carbocycles. The molecule has 4 rings (SSSR count). The van der Waals surface area contributed by atoms with Gasteiger partial charge in [-0.1, -0.05) is 23.9 Å². The molecular weight excluding hydrogens is 511 g/mol. The number of anilines is 1. The number of amides is 2. The molecule has 0 spiro atoms. The molecule has 0 aliphatic heterocycles. The van der Waals surface area contributed by atoms with E-state index in [1.807, 2.05) is 32.0 Å². The van der Waals surface area contributed by atoms with Gasteiger partial charge in [0, 0.05) is 29.1 Å². The maximum atomic E-state index is 13.6. The molecule has 0 aliphatic rings. The SMILES string of the molecule is Cc1ccc(C)c(NC(=O)CSc2nnc(CNC(=O)c3ccc([N+](=O)[O-])cc3)n2-c2ccc(F)cc2)c1.